The van der Waals surface area contributed by atoms with Crippen molar-refractivity contribution < 1.29 is 4.39 Å². The molecule has 0 spiro atoms. The van der Waals surface area contributed by atoms with Gasteiger partial charge in [0, 0.05) is 24.4 Å². The third kappa shape index (κ3) is 4.14. The first kappa shape index (κ1) is 13.7. The summed E-state index contributed by atoms with van der Waals surface area (Å²) in [5.74, 6) is -0.214. The molecule has 0 bridgehead atoms. The van der Waals surface area contributed by atoms with Crippen LogP contribution in [0.15, 0.2) is 42.6 Å². The van der Waals surface area contributed by atoms with Gasteiger partial charge >= 0.3 is 0 Å². The van der Waals surface area contributed by atoms with Crippen molar-refractivity contribution in [3.05, 3.63) is 65.2 Å². The van der Waals surface area contributed by atoms with Crippen LogP contribution in [-0.4, -0.2) is 11.0 Å². The summed E-state index contributed by atoms with van der Waals surface area (Å²) >= 11 is 0. The van der Waals surface area contributed by atoms with E-state index in [1.54, 1.807) is 12.1 Å². The van der Waals surface area contributed by atoms with Gasteiger partial charge in [0.15, 0.2) is 0 Å². The summed E-state index contributed by atoms with van der Waals surface area (Å²) < 4.78 is 12.8. The highest BCUT2D eigenvalue weighted by Crippen LogP contribution is 2.08. The Kier molecular flexibility index (Phi) is 4.63. The molecule has 0 fully saturated rings. The largest absolute Gasteiger partial charge is 0.327 e. The van der Waals surface area contributed by atoms with E-state index in [1.165, 1.54) is 17.7 Å². The first-order valence-corrected chi connectivity index (χ1v) is 6.61. The SMILES string of the molecule is CCc1ccc(CC(N)Cc2ccc(F)cc2)nc1. The minimum absolute atomic E-state index is 0.00503. The average Bonchev–Trinajstić information content (AvgIpc) is 2.42. The van der Waals surface area contributed by atoms with Crippen LogP contribution >= 0.6 is 0 Å². The van der Waals surface area contributed by atoms with Gasteiger partial charge in [0.1, 0.15) is 5.82 Å². The Balaban J connectivity index is 1.92. The molecule has 3 heteroatoms. The van der Waals surface area contributed by atoms with Crippen LogP contribution in [0.5, 0.6) is 0 Å². The predicted octanol–water partition coefficient (Wildman–Crippen LogP) is 2.90. The summed E-state index contributed by atoms with van der Waals surface area (Å²) in [5.41, 5.74) is 9.41. The smallest absolute Gasteiger partial charge is 0.123 e. The molecule has 0 saturated carbocycles. The van der Waals surface area contributed by atoms with Crippen LogP contribution in [0.25, 0.3) is 0 Å². The minimum Gasteiger partial charge on any atom is -0.327 e. The summed E-state index contributed by atoms with van der Waals surface area (Å²) in [4.78, 5) is 4.41. The Hall–Kier alpha value is -1.74. The summed E-state index contributed by atoms with van der Waals surface area (Å²) in [6.45, 7) is 2.11. The number of hydrogen-bond donors (Lipinski definition) is 1. The molecule has 0 aliphatic rings. The number of aromatic nitrogens is 1. The van der Waals surface area contributed by atoms with E-state index in [0.717, 1.165) is 30.5 Å². The van der Waals surface area contributed by atoms with Crippen LogP contribution < -0.4 is 5.73 Å². The first-order valence-electron chi connectivity index (χ1n) is 6.61. The predicted molar refractivity (Wildman–Crippen MR) is 75.4 cm³/mol. The van der Waals surface area contributed by atoms with Crippen LogP contribution in [0.2, 0.25) is 0 Å². The molecule has 0 radical (unpaired) electrons. The van der Waals surface area contributed by atoms with E-state index >= 15 is 0 Å². The zero-order chi connectivity index (χ0) is 13.7. The topological polar surface area (TPSA) is 38.9 Å². The maximum absolute atomic E-state index is 12.8. The molecule has 2 nitrogen and oxygen atoms in total. The molecule has 1 aromatic carbocycles. The number of nitrogens with two attached hydrogens (primary N) is 1. The van der Waals surface area contributed by atoms with Crippen molar-refractivity contribution in [3.8, 4) is 0 Å². The highest BCUT2D eigenvalue weighted by atomic mass is 19.1. The van der Waals surface area contributed by atoms with Gasteiger partial charge in [-0.2, -0.15) is 0 Å². The van der Waals surface area contributed by atoms with Crippen molar-refractivity contribution in [2.24, 2.45) is 5.73 Å². The van der Waals surface area contributed by atoms with Gasteiger partial charge in [-0.3, -0.25) is 4.98 Å². The molecule has 100 valence electrons. The molecule has 2 aromatic rings. The fourth-order valence-corrected chi connectivity index (χ4v) is 2.05. The second-order valence-corrected chi connectivity index (χ2v) is 4.81. The molecular formula is C16H19FN2. The summed E-state index contributed by atoms with van der Waals surface area (Å²) in [5, 5.41) is 0. The molecule has 1 atom stereocenters. The molecule has 1 aromatic heterocycles. The van der Waals surface area contributed by atoms with E-state index in [9.17, 15) is 4.39 Å². The van der Waals surface area contributed by atoms with Crippen molar-refractivity contribution in [3.63, 3.8) is 0 Å². The molecule has 2 rings (SSSR count). The Morgan fingerprint density at radius 2 is 1.74 bits per heavy atom. The number of benzene rings is 1. The summed E-state index contributed by atoms with van der Waals surface area (Å²) in [6, 6.07) is 10.6. The number of rotatable bonds is 5. The van der Waals surface area contributed by atoms with Crippen LogP contribution in [0.1, 0.15) is 23.7 Å². The number of aryl methyl sites for hydroxylation is 1. The van der Waals surface area contributed by atoms with E-state index in [4.69, 9.17) is 5.73 Å². The maximum atomic E-state index is 12.8. The fourth-order valence-electron chi connectivity index (χ4n) is 2.05. The summed E-state index contributed by atoms with van der Waals surface area (Å²) in [6.07, 6.45) is 4.37. The maximum Gasteiger partial charge on any atom is 0.123 e. The Morgan fingerprint density at radius 3 is 2.32 bits per heavy atom. The zero-order valence-electron chi connectivity index (χ0n) is 11.1. The van der Waals surface area contributed by atoms with Gasteiger partial charge in [-0.25, -0.2) is 4.39 Å². The molecule has 0 amide bonds. The van der Waals surface area contributed by atoms with Gasteiger partial charge in [0.05, 0.1) is 0 Å². The number of nitrogens with zero attached hydrogens (tertiary/aromatic N) is 1. The normalized spacial score (nSPS) is 12.4. The monoisotopic (exact) mass is 258 g/mol. The van der Waals surface area contributed by atoms with Crippen molar-refractivity contribution in [1.29, 1.82) is 0 Å². The van der Waals surface area contributed by atoms with Crippen LogP contribution in [0.3, 0.4) is 0 Å². The van der Waals surface area contributed by atoms with Gasteiger partial charge in [-0.05, 0) is 42.2 Å². The van der Waals surface area contributed by atoms with Crippen molar-refractivity contribution in [2.45, 2.75) is 32.2 Å². The highest BCUT2D eigenvalue weighted by Gasteiger charge is 2.06. The van der Waals surface area contributed by atoms with Gasteiger partial charge in [0.2, 0.25) is 0 Å². The third-order valence-corrected chi connectivity index (χ3v) is 3.18. The quantitative estimate of drug-likeness (QED) is 0.895. The van der Waals surface area contributed by atoms with E-state index in [1.807, 2.05) is 12.3 Å². The molecule has 1 unspecified atom stereocenters. The highest BCUT2D eigenvalue weighted by molar-refractivity contribution is 5.19. The lowest BCUT2D eigenvalue weighted by Crippen LogP contribution is -2.26. The lowest BCUT2D eigenvalue weighted by molar-refractivity contribution is 0.622. The van der Waals surface area contributed by atoms with Gasteiger partial charge in [0.25, 0.3) is 0 Å². The van der Waals surface area contributed by atoms with Gasteiger partial charge < -0.3 is 5.73 Å². The average molecular weight is 258 g/mol. The molecule has 1 heterocycles. The molecule has 0 aliphatic heterocycles. The second-order valence-electron chi connectivity index (χ2n) is 4.81. The minimum atomic E-state index is -0.214. The van der Waals surface area contributed by atoms with Crippen LogP contribution in [-0.2, 0) is 19.3 Å². The molecule has 0 aliphatic carbocycles. The van der Waals surface area contributed by atoms with E-state index < -0.39 is 0 Å². The second kappa shape index (κ2) is 6.43. The fraction of sp³-hybridized carbons (Fsp3) is 0.312. The zero-order valence-corrected chi connectivity index (χ0v) is 11.1. The molecule has 19 heavy (non-hydrogen) atoms. The Bertz CT molecular complexity index is 505. The first-order chi connectivity index (χ1) is 9.17. The van der Waals surface area contributed by atoms with Crippen molar-refractivity contribution in [1.82, 2.24) is 4.98 Å². The van der Waals surface area contributed by atoms with Crippen LogP contribution in [0, 0.1) is 5.82 Å². The standard InChI is InChI=1S/C16H19FN2/c1-2-12-5-8-16(19-11-12)10-15(18)9-13-3-6-14(17)7-4-13/h3-8,11,15H,2,9-10,18H2,1H3. The lowest BCUT2D eigenvalue weighted by atomic mass is 10.0. The lowest BCUT2D eigenvalue weighted by Gasteiger charge is -2.11. The van der Waals surface area contributed by atoms with E-state index in [0.29, 0.717) is 0 Å². The Labute approximate surface area is 113 Å². The number of pyridine rings is 1. The molecule has 0 saturated heterocycles. The molecule has 2 N–H and O–H groups in total. The van der Waals surface area contributed by atoms with E-state index in [2.05, 4.69) is 18.0 Å². The van der Waals surface area contributed by atoms with Crippen molar-refractivity contribution >= 4 is 0 Å². The van der Waals surface area contributed by atoms with E-state index in [-0.39, 0.29) is 11.9 Å². The van der Waals surface area contributed by atoms with Gasteiger partial charge in [-0.1, -0.05) is 25.1 Å². The van der Waals surface area contributed by atoms with Crippen LogP contribution in [0.4, 0.5) is 4.39 Å². The third-order valence-electron chi connectivity index (χ3n) is 3.18. The number of halogens is 1. The Morgan fingerprint density at radius 1 is 1.05 bits per heavy atom. The number of hydrogen-bond acceptors (Lipinski definition) is 2. The van der Waals surface area contributed by atoms with Gasteiger partial charge in [-0.15, -0.1) is 0 Å². The summed E-state index contributed by atoms with van der Waals surface area (Å²) in [7, 11) is 0. The van der Waals surface area contributed by atoms with Crippen molar-refractivity contribution in [2.75, 3.05) is 0 Å². The molecular weight excluding hydrogens is 239 g/mol.